The Hall–Kier alpha value is -1.73. The lowest BCUT2D eigenvalue weighted by atomic mass is 9.96. The van der Waals surface area contributed by atoms with Gasteiger partial charge in [0.25, 0.3) is 0 Å². The number of imidazole rings is 1. The van der Waals surface area contributed by atoms with Gasteiger partial charge in [-0.3, -0.25) is 4.79 Å². The van der Waals surface area contributed by atoms with Gasteiger partial charge in [0.2, 0.25) is 5.91 Å². The number of amides is 1. The van der Waals surface area contributed by atoms with Gasteiger partial charge < -0.3 is 14.2 Å². The number of ether oxygens (including phenoxy) is 1. The monoisotopic (exact) mass is 334 g/mol. The van der Waals surface area contributed by atoms with Crippen LogP contribution < -0.4 is 0 Å². The summed E-state index contributed by atoms with van der Waals surface area (Å²) in [6.07, 6.45) is 6.39. The SMILES string of the molecule is COCCC(=O)N1CCCC(c2nccn2Cc2cscn2)C1. The number of hydrogen-bond acceptors (Lipinski definition) is 5. The van der Waals surface area contributed by atoms with Gasteiger partial charge in [-0.25, -0.2) is 9.97 Å². The maximum atomic E-state index is 12.2. The van der Waals surface area contributed by atoms with Crippen molar-refractivity contribution in [3.05, 3.63) is 34.8 Å². The second-order valence-corrected chi connectivity index (χ2v) is 6.53. The highest BCUT2D eigenvalue weighted by Gasteiger charge is 2.27. The highest BCUT2D eigenvalue weighted by molar-refractivity contribution is 7.07. The van der Waals surface area contributed by atoms with Crippen molar-refractivity contribution < 1.29 is 9.53 Å². The number of likely N-dealkylation sites (tertiary alicyclic amines) is 1. The lowest BCUT2D eigenvalue weighted by Gasteiger charge is -2.32. The number of nitrogens with zero attached hydrogens (tertiary/aromatic N) is 4. The van der Waals surface area contributed by atoms with Crippen LogP contribution in [0, 0.1) is 0 Å². The number of piperidine rings is 1. The number of thiazole rings is 1. The molecule has 7 heteroatoms. The van der Waals surface area contributed by atoms with E-state index < -0.39 is 0 Å². The zero-order valence-corrected chi connectivity index (χ0v) is 14.2. The molecule has 0 aliphatic carbocycles. The summed E-state index contributed by atoms with van der Waals surface area (Å²) in [6, 6.07) is 0. The molecule has 3 rings (SSSR count). The molecule has 1 atom stereocenters. The third kappa shape index (κ3) is 3.97. The van der Waals surface area contributed by atoms with E-state index in [1.54, 1.807) is 18.4 Å². The maximum absolute atomic E-state index is 12.2. The van der Waals surface area contributed by atoms with E-state index in [4.69, 9.17) is 4.74 Å². The van der Waals surface area contributed by atoms with Crippen LogP contribution in [-0.4, -0.2) is 52.1 Å². The molecule has 1 unspecified atom stereocenters. The van der Waals surface area contributed by atoms with E-state index in [1.807, 2.05) is 22.8 Å². The van der Waals surface area contributed by atoms with Crippen LogP contribution in [-0.2, 0) is 16.1 Å². The van der Waals surface area contributed by atoms with E-state index in [9.17, 15) is 4.79 Å². The highest BCUT2D eigenvalue weighted by Crippen LogP contribution is 2.26. The summed E-state index contributed by atoms with van der Waals surface area (Å²) in [5.74, 6) is 1.53. The summed E-state index contributed by atoms with van der Waals surface area (Å²) >= 11 is 1.61. The Morgan fingerprint density at radius 2 is 2.39 bits per heavy atom. The molecule has 6 nitrogen and oxygen atoms in total. The number of aromatic nitrogens is 3. The largest absolute Gasteiger partial charge is 0.384 e. The minimum Gasteiger partial charge on any atom is -0.384 e. The van der Waals surface area contributed by atoms with Gasteiger partial charge in [-0.15, -0.1) is 11.3 Å². The van der Waals surface area contributed by atoms with Gasteiger partial charge in [0, 0.05) is 43.9 Å². The minimum absolute atomic E-state index is 0.175. The molecule has 124 valence electrons. The quantitative estimate of drug-likeness (QED) is 0.812. The highest BCUT2D eigenvalue weighted by atomic mass is 32.1. The summed E-state index contributed by atoms with van der Waals surface area (Å²) in [5.41, 5.74) is 2.90. The van der Waals surface area contributed by atoms with Gasteiger partial charge in [-0.1, -0.05) is 0 Å². The predicted octanol–water partition coefficient (Wildman–Crippen LogP) is 2.13. The molecular weight excluding hydrogens is 312 g/mol. The Bertz CT molecular complexity index is 626. The molecule has 2 aromatic heterocycles. The second kappa shape index (κ2) is 7.70. The van der Waals surface area contributed by atoms with Gasteiger partial charge in [0.05, 0.1) is 30.8 Å². The standard InChI is InChI=1S/C16H22N4O2S/c1-22-8-4-15(21)19-6-2-3-13(9-19)16-17-5-7-20(16)10-14-11-23-12-18-14/h5,7,11-13H,2-4,6,8-10H2,1H3. The Labute approximate surface area is 140 Å². The van der Waals surface area contributed by atoms with Crippen LogP contribution in [0.3, 0.4) is 0 Å². The Morgan fingerprint density at radius 3 is 3.17 bits per heavy atom. The molecule has 0 radical (unpaired) electrons. The van der Waals surface area contributed by atoms with Crippen molar-refractivity contribution in [1.29, 1.82) is 0 Å². The molecule has 0 aromatic carbocycles. The molecule has 3 heterocycles. The van der Waals surface area contributed by atoms with Crippen molar-refractivity contribution >= 4 is 17.2 Å². The fourth-order valence-corrected chi connectivity index (χ4v) is 3.62. The zero-order chi connectivity index (χ0) is 16.1. The Balaban J connectivity index is 1.67. The molecular formula is C16H22N4O2S. The van der Waals surface area contributed by atoms with Crippen LogP contribution in [0.4, 0.5) is 0 Å². The van der Waals surface area contributed by atoms with Crippen LogP contribution in [0.5, 0.6) is 0 Å². The van der Waals surface area contributed by atoms with E-state index in [0.29, 0.717) is 18.9 Å². The maximum Gasteiger partial charge on any atom is 0.224 e. The van der Waals surface area contributed by atoms with Crippen molar-refractivity contribution in [3.63, 3.8) is 0 Å². The number of carbonyl (C=O) groups is 1. The van der Waals surface area contributed by atoms with Crippen LogP contribution in [0.25, 0.3) is 0 Å². The van der Waals surface area contributed by atoms with Crippen LogP contribution >= 0.6 is 11.3 Å². The van der Waals surface area contributed by atoms with E-state index in [-0.39, 0.29) is 5.91 Å². The van der Waals surface area contributed by atoms with Gasteiger partial charge >= 0.3 is 0 Å². The average molecular weight is 334 g/mol. The van der Waals surface area contributed by atoms with Crippen molar-refractivity contribution in [2.24, 2.45) is 0 Å². The first-order chi connectivity index (χ1) is 11.3. The molecule has 1 aliphatic heterocycles. The molecule has 0 bridgehead atoms. The molecule has 2 aromatic rings. The molecule has 1 aliphatic rings. The number of rotatable bonds is 6. The minimum atomic E-state index is 0.175. The van der Waals surface area contributed by atoms with E-state index >= 15 is 0 Å². The summed E-state index contributed by atoms with van der Waals surface area (Å²) < 4.78 is 7.17. The van der Waals surface area contributed by atoms with Gasteiger partial charge in [0.1, 0.15) is 5.82 Å². The van der Waals surface area contributed by atoms with Gasteiger partial charge in [-0.2, -0.15) is 0 Å². The number of hydrogen-bond donors (Lipinski definition) is 0. The summed E-state index contributed by atoms with van der Waals surface area (Å²) in [6.45, 7) is 2.81. The molecule has 0 spiro atoms. The van der Waals surface area contributed by atoms with Crippen molar-refractivity contribution in [2.75, 3.05) is 26.8 Å². The smallest absolute Gasteiger partial charge is 0.224 e. The third-order valence-corrected chi connectivity index (χ3v) is 4.86. The summed E-state index contributed by atoms with van der Waals surface area (Å²) in [4.78, 5) is 23.1. The third-order valence-electron chi connectivity index (χ3n) is 4.22. The van der Waals surface area contributed by atoms with Crippen molar-refractivity contribution in [3.8, 4) is 0 Å². The van der Waals surface area contributed by atoms with Crippen LogP contribution in [0.15, 0.2) is 23.3 Å². The number of carbonyl (C=O) groups excluding carboxylic acids is 1. The molecule has 1 amide bonds. The van der Waals surface area contributed by atoms with E-state index in [1.165, 1.54) is 0 Å². The topological polar surface area (TPSA) is 60.2 Å². The fraction of sp³-hybridized carbons (Fsp3) is 0.562. The fourth-order valence-electron chi connectivity index (χ4n) is 3.07. The lowest BCUT2D eigenvalue weighted by Crippen LogP contribution is -2.40. The molecule has 0 saturated carbocycles. The van der Waals surface area contributed by atoms with E-state index in [2.05, 4.69) is 19.9 Å². The molecule has 1 fully saturated rings. The first-order valence-electron chi connectivity index (χ1n) is 7.92. The van der Waals surface area contributed by atoms with Gasteiger partial charge in [-0.05, 0) is 12.8 Å². The lowest BCUT2D eigenvalue weighted by molar-refractivity contribution is -0.133. The van der Waals surface area contributed by atoms with Crippen LogP contribution in [0.2, 0.25) is 0 Å². The average Bonchev–Trinajstić information content (AvgIpc) is 3.25. The van der Waals surface area contributed by atoms with Crippen LogP contribution in [0.1, 0.15) is 36.7 Å². The predicted molar refractivity (Wildman–Crippen MR) is 88.5 cm³/mol. The second-order valence-electron chi connectivity index (χ2n) is 5.81. The van der Waals surface area contributed by atoms with Gasteiger partial charge in [0.15, 0.2) is 0 Å². The first-order valence-corrected chi connectivity index (χ1v) is 8.87. The molecule has 0 N–H and O–H groups in total. The summed E-state index contributed by atoms with van der Waals surface area (Å²) in [5, 5.41) is 2.06. The van der Waals surface area contributed by atoms with Crippen molar-refractivity contribution in [2.45, 2.75) is 31.7 Å². The molecule has 23 heavy (non-hydrogen) atoms. The normalized spacial score (nSPS) is 18.3. The molecule has 1 saturated heterocycles. The summed E-state index contributed by atoms with van der Waals surface area (Å²) in [7, 11) is 1.63. The van der Waals surface area contributed by atoms with E-state index in [0.717, 1.165) is 44.0 Å². The number of methoxy groups -OCH3 is 1. The zero-order valence-electron chi connectivity index (χ0n) is 13.4. The first kappa shape index (κ1) is 16.1. The Kier molecular flexibility index (Phi) is 5.40. The Morgan fingerprint density at radius 1 is 1.48 bits per heavy atom. The van der Waals surface area contributed by atoms with Crippen molar-refractivity contribution in [1.82, 2.24) is 19.4 Å².